The molecule has 1 aromatic heterocycles. The predicted molar refractivity (Wildman–Crippen MR) is 63.5 cm³/mol. The maximum Gasteiger partial charge on any atom is 0.311 e. The molecule has 0 saturated heterocycles. The van der Waals surface area contributed by atoms with Crippen LogP contribution in [0.15, 0.2) is 43.6 Å². The summed E-state index contributed by atoms with van der Waals surface area (Å²) in [6.45, 7) is 8.20. The molecule has 0 amide bonds. The quantitative estimate of drug-likeness (QED) is 0.418. The highest BCUT2D eigenvalue weighted by Crippen LogP contribution is 2.24. The van der Waals surface area contributed by atoms with Gasteiger partial charge in [-0.25, -0.2) is 4.98 Å². The Hall–Kier alpha value is -2.17. The van der Waals surface area contributed by atoms with Gasteiger partial charge in [0.05, 0.1) is 4.92 Å². The van der Waals surface area contributed by atoms with E-state index in [2.05, 4.69) is 18.1 Å². The van der Waals surface area contributed by atoms with Crippen LogP contribution in [0.25, 0.3) is 0 Å². The van der Waals surface area contributed by atoms with Crippen molar-refractivity contribution in [2.45, 2.75) is 0 Å². The number of anilines is 1. The van der Waals surface area contributed by atoms with Crippen molar-refractivity contribution < 1.29 is 4.92 Å². The Morgan fingerprint density at radius 2 is 2.06 bits per heavy atom. The second-order valence-electron chi connectivity index (χ2n) is 3.09. The first-order valence-electron chi connectivity index (χ1n) is 4.76. The minimum Gasteiger partial charge on any atom is -0.343 e. The molecule has 0 saturated carbocycles. The molecule has 0 N–H and O–H groups in total. The first kappa shape index (κ1) is 11.9. The molecule has 0 radical (unpaired) electrons. The van der Waals surface area contributed by atoms with Gasteiger partial charge in [-0.1, -0.05) is 12.2 Å². The van der Waals surface area contributed by atoms with Crippen molar-refractivity contribution in [3.05, 3.63) is 53.8 Å². The summed E-state index contributed by atoms with van der Waals surface area (Å²) in [5.74, 6) is 0.340. The Balaban J connectivity index is 3.11. The molecular weight excluding hydrogens is 206 g/mol. The summed E-state index contributed by atoms with van der Waals surface area (Å²) >= 11 is 0. The van der Waals surface area contributed by atoms with E-state index in [1.54, 1.807) is 23.1 Å². The molecule has 1 heterocycles. The van der Waals surface area contributed by atoms with Crippen molar-refractivity contribution in [2.75, 3.05) is 18.0 Å². The lowest BCUT2D eigenvalue weighted by atomic mass is 10.3. The molecule has 0 fully saturated rings. The van der Waals surface area contributed by atoms with Crippen molar-refractivity contribution in [1.29, 1.82) is 0 Å². The third-order valence-electron chi connectivity index (χ3n) is 1.96. The maximum absolute atomic E-state index is 10.8. The Morgan fingerprint density at radius 3 is 2.56 bits per heavy atom. The van der Waals surface area contributed by atoms with Crippen molar-refractivity contribution in [3.8, 4) is 0 Å². The number of hydrogen-bond acceptors (Lipinski definition) is 4. The van der Waals surface area contributed by atoms with Gasteiger partial charge in [0.2, 0.25) is 5.82 Å². The smallest absolute Gasteiger partial charge is 0.311 e. The van der Waals surface area contributed by atoms with Crippen LogP contribution in [-0.4, -0.2) is 23.0 Å². The zero-order chi connectivity index (χ0) is 12.0. The number of hydrogen-bond donors (Lipinski definition) is 0. The van der Waals surface area contributed by atoms with Gasteiger partial charge in [-0.05, 0) is 6.07 Å². The molecule has 0 aliphatic carbocycles. The molecule has 1 rings (SSSR count). The minimum atomic E-state index is -0.443. The van der Waals surface area contributed by atoms with E-state index >= 15 is 0 Å². The van der Waals surface area contributed by atoms with Crippen LogP contribution in [-0.2, 0) is 0 Å². The van der Waals surface area contributed by atoms with Crippen LogP contribution < -0.4 is 4.90 Å². The van der Waals surface area contributed by atoms with Gasteiger partial charge in [0.25, 0.3) is 0 Å². The van der Waals surface area contributed by atoms with Gasteiger partial charge >= 0.3 is 5.69 Å². The minimum absolute atomic E-state index is 0.00815. The van der Waals surface area contributed by atoms with E-state index in [1.807, 2.05) is 0 Å². The third-order valence-corrected chi connectivity index (χ3v) is 1.96. The maximum atomic E-state index is 10.8. The summed E-state index contributed by atoms with van der Waals surface area (Å²) in [4.78, 5) is 16.1. The summed E-state index contributed by atoms with van der Waals surface area (Å²) < 4.78 is 0. The fourth-order valence-electron chi connectivity index (χ4n) is 1.33. The van der Waals surface area contributed by atoms with Gasteiger partial charge in [-0.2, -0.15) is 0 Å². The standard InChI is InChI=1S/C11H13N3O2/c1-3-8-13(9-4-2)11-10(14(15)16)6-5-7-12-11/h3-7H,1-2,8-9H2. The van der Waals surface area contributed by atoms with Gasteiger partial charge in [0.1, 0.15) is 0 Å². The van der Waals surface area contributed by atoms with Crippen LogP contribution in [0.2, 0.25) is 0 Å². The summed E-state index contributed by atoms with van der Waals surface area (Å²) in [5, 5.41) is 10.8. The van der Waals surface area contributed by atoms with Gasteiger partial charge in [0.15, 0.2) is 0 Å². The van der Waals surface area contributed by atoms with Crippen LogP contribution >= 0.6 is 0 Å². The van der Waals surface area contributed by atoms with Gasteiger partial charge in [-0.15, -0.1) is 13.2 Å². The normalized spacial score (nSPS) is 9.50. The first-order valence-corrected chi connectivity index (χ1v) is 4.76. The summed E-state index contributed by atoms with van der Waals surface area (Å²) in [5.41, 5.74) is -0.00815. The number of pyridine rings is 1. The van der Waals surface area contributed by atoms with Crippen molar-refractivity contribution in [2.24, 2.45) is 0 Å². The Kier molecular flexibility index (Phi) is 4.20. The highest BCUT2D eigenvalue weighted by atomic mass is 16.6. The fourth-order valence-corrected chi connectivity index (χ4v) is 1.33. The Morgan fingerprint density at radius 1 is 1.44 bits per heavy atom. The monoisotopic (exact) mass is 219 g/mol. The van der Waals surface area contributed by atoms with Crippen molar-refractivity contribution >= 4 is 11.5 Å². The molecule has 0 bridgehead atoms. The average Bonchev–Trinajstić information content (AvgIpc) is 2.29. The van der Waals surface area contributed by atoms with E-state index in [-0.39, 0.29) is 5.69 Å². The van der Waals surface area contributed by atoms with Crippen LogP contribution in [0, 0.1) is 10.1 Å². The second-order valence-corrected chi connectivity index (χ2v) is 3.09. The first-order chi connectivity index (χ1) is 7.70. The molecule has 0 spiro atoms. The number of rotatable bonds is 6. The van der Waals surface area contributed by atoms with Crippen LogP contribution in [0.1, 0.15) is 0 Å². The largest absolute Gasteiger partial charge is 0.343 e. The number of aromatic nitrogens is 1. The second kappa shape index (κ2) is 5.65. The molecule has 1 aromatic rings. The summed E-state index contributed by atoms with van der Waals surface area (Å²) in [6, 6.07) is 2.98. The summed E-state index contributed by atoms with van der Waals surface area (Å²) in [7, 11) is 0. The fraction of sp³-hybridized carbons (Fsp3) is 0.182. The van der Waals surface area contributed by atoms with E-state index in [9.17, 15) is 10.1 Å². The van der Waals surface area contributed by atoms with Crippen LogP contribution in [0.4, 0.5) is 11.5 Å². The van der Waals surface area contributed by atoms with E-state index in [0.29, 0.717) is 18.9 Å². The molecule has 16 heavy (non-hydrogen) atoms. The SMILES string of the molecule is C=CCN(CC=C)c1ncccc1[N+](=O)[O-]. The molecule has 84 valence electrons. The molecule has 0 aliphatic rings. The number of nitrogens with zero attached hydrogens (tertiary/aromatic N) is 3. The molecule has 5 nitrogen and oxygen atoms in total. The predicted octanol–water partition coefficient (Wildman–Crippen LogP) is 2.17. The van der Waals surface area contributed by atoms with Crippen LogP contribution in [0.3, 0.4) is 0 Å². The Labute approximate surface area is 93.9 Å². The summed E-state index contributed by atoms with van der Waals surface area (Å²) in [6.07, 6.45) is 4.87. The Bertz CT molecular complexity index is 394. The topological polar surface area (TPSA) is 59.3 Å². The van der Waals surface area contributed by atoms with Crippen molar-refractivity contribution in [1.82, 2.24) is 4.98 Å². The zero-order valence-corrected chi connectivity index (χ0v) is 8.87. The molecule has 0 unspecified atom stereocenters. The highest BCUT2D eigenvalue weighted by molar-refractivity contribution is 5.57. The molecule has 0 atom stereocenters. The van der Waals surface area contributed by atoms with Gasteiger partial charge in [0, 0.05) is 25.4 Å². The molecule has 5 heteroatoms. The lowest BCUT2D eigenvalue weighted by Crippen LogP contribution is -2.25. The average molecular weight is 219 g/mol. The molecular formula is C11H13N3O2. The van der Waals surface area contributed by atoms with E-state index in [4.69, 9.17) is 0 Å². The lowest BCUT2D eigenvalue weighted by Gasteiger charge is -2.19. The van der Waals surface area contributed by atoms with E-state index in [0.717, 1.165) is 0 Å². The van der Waals surface area contributed by atoms with Crippen molar-refractivity contribution in [3.63, 3.8) is 0 Å². The molecule has 0 aliphatic heterocycles. The third kappa shape index (κ3) is 2.66. The highest BCUT2D eigenvalue weighted by Gasteiger charge is 2.18. The lowest BCUT2D eigenvalue weighted by molar-refractivity contribution is -0.384. The zero-order valence-electron chi connectivity index (χ0n) is 8.87. The van der Waals surface area contributed by atoms with Crippen LogP contribution in [0.5, 0.6) is 0 Å². The van der Waals surface area contributed by atoms with E-state index < -0.39 is 4.92 Å². The molecule has 0 aromatic carbocycles. The van der Waals surface area contributed by atoms with Gasteiger partial charge in [-0.3, -0.25) is 10.1 Å². The van der Waals surface area contributed by atoms with E-state index in [1.165, 1.54) is 12.3 Å². The number of nitro groups is 1. The van der Waals surface area contributed by atoms with Gasteiger partial charge < -0.3 is 4.90 Å².